The second-order valence-corrected chi connectivity index (χ2v) is 7.17. The van der Waals surface area contributed by atoms with Crippen molar-refractivity contribution in [1.82, 2.24) is 14.1 Å². The summed E-state index contributed by atoms with van der Waals surface area (Å²) in [5.41, 5.74) is 6.26. The summed E-state index contributed by atoms with van der Waals surface area (Å²) in [6.07, 6.45) is 2.28. The molecule has 0 radical (unpaired) electrons. The van der Waals surface area contributed by atoms with Crippen LogP contribution in [0, 0.1) is 0 Å². The van der Waals surface area contributed by atoms with E-state index in [1.54, 1.807) is 35.7 Å². The number of fused-ring (bicyclic) bond motifs is 1. The summed E-state index contributed by atoms with van der Waals surface area (Å²) in [4.78, 5) is 5.19. The maximum absolute atomic E-state index is 12.4. The van der Waals surface area contributed by atoms with Gasteiger partial charge < -0.3 is 5.73 Å². The average molecular weight is 322 g/mol. The number of nitrogens with one attached hydrogen (secondary N) is 1. The van der Waals surface area contributed by atoms with Crippen LogP contribution in [0.3, 0.4) is 0 Å². The maximum Gasteiger partial charge on any atom is 0.260 e. The van der Waals surface area contributed by atoms with E-state index >= 15 is 0 Å². The third kappa shape index (κ3) is 2.78. The lowest BCUT2D eigenvalue weighted by molar-refractivity contribution is 0.577. The third-order valence-corrected chi connectivity index (χ3v) is 5.44. The summed E-state index contributed by atoms with van der Waals surface area (Å²) in [5, 5.41) is 1.95. The molecule has 0 aliphatic heterocycles. The molecule has 0 aromatic carbocycles. The van der Waals surface area contributed by atoms with Gasteiger partial charge in [0.2, 0.25) is 0 Å². The Labute approximate surface area is 126 Å². The quantitative estimate of drug-likeness (QED) is 0.745. The van der Waals surface area contributed by atoms with Gasteiger partial charge in [-0.2, -0.15) is 0 Å². The Hall–Kier alpha value is -1.90. The van der Waals surface area contributed by atoms with Gasteiger partial charge in [0.1, 0.15) is 5.65 Å². The molecule has 8 heteroatoms. The standard InChI is InChI=1S/C13H14N4O2S2/c14-12-13(17-8-2-1-5-11(17)16-12)21(18,19)15-7-6-10-4-3-9-20-10/h1-5,8-9,15H,6-7,14H2. The van der Waals surface area contributed by atoms with Crippen LogP contribution < -0.4 is 10.5 Å². The van der Waals surface area contributed by atoms with Crippen molar-refractivity contribution < 1.29 is 8.42 Å². The SMILES string of the molecule is Nc1nc2ccccn2c1S(=O)(=O)NCCc1cccs1. The first kappa shape index (κ1) is 14.1. The summed E-state index contributed by atoms with van der Waals surface area (Å²) < 4.78 is 28.9. The highest BCUT2D eigenvalue weighted by Crippen LogP contribution is 2.19. The van der Waals surface area contributed by atoms with E-state index in [1.807, 2.05) is 17.5 Å². The molecule has 3 rings (SSSR count). The summed E-state index contributed by atoms with van der Waals surface area (Å²) in [5.74, 6) is 0.00447. The van der Waals surface area contributed by atoms with Gasteiger partial charge in [-0.05, 0) is 30.0 Å². The van der Waals surface area contributed by atoms with Gasteiger partial charge in [-0.1, -0.05) is 12.1 Å². The molecule has 0 aliphatic rings. The smallest absolute Gasteiger partial charge is 0.260 e. The summed E-state index contributed by atoms with van der Waals surface area (Å²) >= 11 is 1.60. The molecule has 3 aromatic rings. The van der Waals surface area contributed by atoms with Crippen molar-refractivity contribution >= 4 is 32.8 Å². The average Bonchev–Trinajstić information content (AvgIpc) is 3.04. The fourth-order valence-corrected chi connectivity index (χ4v) is 4.04. The van der Waals surface area contributed by atoms with Crippen molar-refractivity contribution in [3.05, 3.63) is 46.8 Å². The molecule has 0 unspecified atom stereocenters. The predicted molar refractivity (Wildman–Crippen MR) is 82.8 cm³/mol. The van der Waals surface area contributed by atoms with Crippen LogP contribution in [0.4, 0.5) is 5.82 Å². The minimum atomic E-state index is -3.70. The van der Waals surface area contributed by atoms with Gasteiger partial charge in [0.15, 0.2) is 10.8 Å². The highest BCUT2D eigenvalue weighted by molar-refractivity contribution is 7.89. The molecular formula is C13H14N4O2S2. The van der Waals surface area contributed by atoms with Crippen LogP contribution in [0.5, 0.6) is 0 Å². The van der Waals surface area contributed by atoms with Gasteiger partial charge in [0.05, 0.1) is 0 Å². The molecule has 0 fully saturated rings. The maximum atomic E-state index is 12.4. The highest BCUT2D eigenvalue weighted by Gasteiger charge is 2.23. The van der Waals surface area contributed by atoms with E-state index in [-0.39, 0.29) is 10.8 Å². The Morgan fingerprint density at radius 2 is 2.14 bits per heavy atom. The van der Waals surface area contributed by atoms with E-state index in [0.29, 0.717) is 18.6 Å². The van der Waals surface area contributed by atoms with Gasteiger partial charge in [-0.15, -0.1) is 11.3 Å². The Morgan fingerprint density at radius 3 is 2.90 bits per heavy atom. The number of nitrogens with two attached hydrogens (primary N) is 1. The topological polar surface area (TPSA) is 89.5 Å². The molecule has 0 saturated carbocycles. The molecule has 21 heavy (non-hydrogen) atoms. The van der Waals surface area contributed by atoms with Gasteiger partial charge in [0, 0.05) is 17.6 Å². The number of hydrogen-bond acceptors (Lipinski definition) is 5. The summed E-state index contributed by atoms with van der Waals surface area (Å²) in [6.45, 7) is 0.322. The van der Waals surface area contributed by atoms with Gasteiger partial charge in [-0.25, -0.2) is 18.1 Å². The van der Waals surface area contributed by atoms with Crippen LogP contribution in [-0.2, 0) is 16.4 Å². The van der Waals surface area contributed by atoms with Gasteiger partial charge in [0.25, 0.3) is 10.0 Å². The predicted octanol–water partition coefficient (Wildman–Crippen LogP) is 1.50. The lowest BCUT2D eigenvalue weighted by atomic mass is 10.3. The summed E-state index contributed by atoms with van der Waals surface area (Å²) in [6, 6.07) is 9.14. The molecule has 0 atom stereocenters. The fourth-order valence-electron chi connectivity index (χ4n) is 2.09. The van der Waals surface area contributed by atoms with Crippen molar-refractivity contribution in [2.75, 3.05) is 12.3 Å². The molecule has 0 aliphatic carbocycles. The van der Waals surface area contributed by atoms with Gasteiger partial charge >= 0.3 is 0 Å². The normalized spacial score (nSPS) is 12.0. The largest absolute Gasteiger partial charge is 0.381 e. The molecule has 110 valence electrons. The molecule has 0 amide bonds. The fraction of sp³-hybridized carbons (Fsp3) is 0.154. The Balaban J connectivity index is 1.84. The third-order valence-electron chi connectivity index (χ3n) is 3.01. The minimum Gasteiger partial charge on any atom is -0.381 e. The first-order valence-corrected chi connectivity index (χ1v) is 8.69. The number of imidazole rings is 1. The summed E-state index contributed by atoms with van der Waals surface area (Å²) in [7, 11) is -3.70. The Morgan fingerprint density at radius 1 is 1.29 bits per heavy atom. The van der Waals surface area contributed by atoms with Crippen molar-refractivity contribution in [1.29, 1.82) is 0 Å². The van der Waals surface area contributed by atoms with Crippen LogP contribution in [0.15, 0.2) is 46.9 Å². The number of anilines is 1. The van der Waals surface area contributed by atoms with E-state index < -0.39 is 10.0 Å². The van der Waals surface area contributed by atoms with Crippen LogP contribution in [0.2, 0.25) is 0 Å². The molecule has 3 N–H and O–H groups in total. The lowest BCUT2D eigenvalue weighted by Gasteiger charge is -2.06. The van der Waals surface area contributed by atoms with Gasteiger partial charge in [-0.3, -0.25) is 4.40 Å². The van der Waals surface area contributed by atoms with Crippen molar-refractivity contribution in [2.45, 2.75) is 11.4 Å². The zero-order valence-electron chi connectivity index (χ0n) is 11.1. The molecule has 6 nitrogen and oxygen atoms in total. The highest BCUT2D eigenvalue weighted by atomic mass is 32.2. The number of hydrogen-bond donors (Lipinski definition) is 2. The number of nitrogen functional groups attached to an aromatic ring is 1. The molecule has 0 bridgehead atoms. The van der Waals surface area contributed by atoms with Crippen LogP contribution in [-0.4, -0.2) is 24.3 Å². The van der Waals surface area contributed by atoms with E-state index in [9.17, 15) is 8.42 Å². The van der Waals surface area contributed by atoms with E-state index in [0.717, 1.165) is 4.88 Å². The van der Waals surface area contributed by atoms with E-state index in [1.165, 1.54) is 4.40 Å². The second-order valence-electron chi connectivity index (χ2n) is 4.46. The first-order chi connectivity index (χ1) is 10.1. The van der Waals surface area contributed by atoms with Crippen molar-refractivity contribution in [3.8, 4) is 0 Å². The lowest BCUT2D eigenvalue weighted by Crippen LogP contribution is -2.27. The zero-order chi connectivity index (χ0) is 14.9. The molecule has 0 spiro atoms. The van der Waals surface area contributed by atoms with Crippen molar-refractivity contribution in [2.24, 2.45) is 0 Å². The second kappa shape index (κ2) is 5.47. The number of rotatable bonds is 5. The Kier molecular flexibility index (Phi) is 3.66. The molecule has 3 aromatic heterocycles. The van der Waals surface area contributed by atoms with Crippen LogP contribution in [0.25, 0.3) is 5.65 Å². The minimum absolute atomic E-state index is 0.00447. The van der Waals surface area contributed by atoms with Crippen LogP contribution in [0.1, 0.15) is 4.88 Å². The molecule has 3 heterocycles. The van der Waals surface area contributed by atoms with E-state index in [2.05, 4.69) is 9.71 Å². The number of nitrogens with zero attached hydrogens (tertiary/aromatic N) is 2. The zero-order valence-corrected chi connectivity index (χ0v) is 12.7. The monoisotopic (exact) mass is 322 g/mol. The first-order valence-electron chi connectivity index (χ1n) is 6.32. The Bertz CT molecular complexity index is 854. The number of thiophene rings is 1. The van der Waals surface area contributed by atoms with E-state index in [4.69, 9.17) is 5.73 Å². The molecule has 0 saturated heterocycles. The number of aromatic nitrogens is 2. The number of sulfonamides is 1. The molecular weight excluding hydrogens is 308 g/mol. The number of pyridine rings is 1. The van der Waals surface area contributed by atoms with Crippen LogP contribution >= 0.6 is 11.3 Å². The van der Waals surface area contributed by atoms with Crippen molar-refractivity contribution in [3.63, 3.8) is 0 Å².